The van der Waals surface area contributed by atoms with Crippen LogP contribution in [0.5, 0.6) is 0 Å². The van der Waals surface area contributed by atoms with E-state index in [4.69, 9.17) is 9.40 Å². The highest BCUT2D eigenvalue weighted by atomic mass is 32.1. The molecule has 0 amide bonds. The van der Waals surface area contributed by atoms with Gasteiger partial charge in [0, 0.05) is 42.0 Å². The highest BCUT2D eigenvalue weighted by Gasteiger charge is 2.24. The predicted octanol–water partition coefficient (Wildman–Crippen LogP) is 3.62. The molecular weight excluding hydrogens is 348 g/mol. The fraction of sp³-hybridized carbons (Fsp3) is 0.263. The number of thiophene rings is 1. The summed E-state index contributed by atoms with van der Waals surface area (Å²) in [5, 5.41) is 2.54. The molecule has 6 nitrogen and oxygen atoms in total. The molecule has 0 spiro atoms. The van der Waals surface area contributed by atoms with E-state index in [0.717, 1.165) is 23.5 Å². The van der Waals surface area contributed by atoms with Crippen molar-refractivity contribution in [3.8, 4) is 11.3 Å². The molecule has 0 bridgehead atoms. The molecule has 132 valence electrons. The normalized spacial score (nSPS) is 17.7. The highest BCUT2D eigenvalue weighted by molar-refractivity contribution is 7.17. The Labute approximate surface area is 153 Å². The minimum absolute atomic E-state index is 0.106. The number of fused-ring (bicyclic) bond motifs is 2. The summed E-state index contributed by atoms with van der Waals surface area (Å²) in [6, 6.07) is 8.22. The van der Waals surface area contributed by atoms with Crippen molar-refractivity contribution in [1.29, 1.82) is 0 Å². The summed E-state index contributed by atoms with van der Waals surface area (Å²) in [6.07, 6.45) is 3.74. The Kier molecular flexibility index (Phi) is 3.58. The summed E-state index contributed by atoms with van der Waals surface area (Å²) in [5.41, 5.74) is 2.00. The average Bonchev–Trinajstić information content (AvgIpc) is 3.36. The molecule has 0 saturated heterocycles. The Balaban J connectivity index is 1.49. The molecule has 7 heteroatoms. The van der Waals surface area contributed by atoms with Gasteiger partial charge < -0.3 is 14.0 Å². The lowest BCUT2D eigenvalue weighted by Crippen LogP contribution is -2.36. The van der Waals surface area contributed by atoms with Crippen LogP contribution in [0.4, 0.5) is 0 Å². The third-order valence-electron chi connectivity index (χ3n) is 5.10. The maximum absolute atomic E-state index is 12.7. The second kappa shape index (κ2) is 5.96. The molecule has 0 aromatic carbocycles. The zero-order valence-electron chi connectivity index (χ0n) is 14.3. The first-order valence-electron chi connectivity index (χ1n) is 8.64. The smallest absolute Gasteiger partial charge is 0.260 e. The van der Waals surface area contributed by atoms with Crippen molar-refractivity contribution in [2.24, 2.45) is 0 Å². The van der Waals surface area contributed by atoms with Crippen LogP contribution in [0.2, 0.25) is 0 Å². The number of nitrogens with one attached hydrogen (secondary N) is 1. The van der Waals surface area contributed by atoms with E-state index < -0.39 is 0 Å². The van der Waals surface area contributed by atoms with Crippen molar-refractivity contribution in [2.75, 3.05) is 6.54 Å². The number of rotatable bonds is 3. The van der Waals surface area contributed by atoms with Crippen LogP contribution < -0.4 is 5.56 Å². The molecule has 1 atom stereocenters. The average molecular weight is 366 g/mol. The van der Waals surface area contributed by atoms with Crippen LogP contribution in [-0.4, -0.2) is 26.0 Å². The first-order chi connectivity index (χ1) is 12.7. The summed E-state index contributed by atoms with van der Waals surface area (Å²) >= 11 is 1.48. The molecule has 1 aliphatic rings. The largest absolute Gasteiger partial charge is 0.464 e. The Morgan fingerprint density at radius 3 is 3.12 bits per heavy atom. The lowest BCUT2D eigenvalue weighted by atomic mass is 10.1. The zero-order valence-corrected chi connectivity index (χ0v) is 15.1. The Bertz CT molecular complexity index is 1120. The summed E-state index contributed by atoms with van der Waals surface area (Å²) in [5.74, 6) is 1.41. The molecular formula is C19H18N4O2S. The van der Waals surface area contributed by atoms with Crippen LogP contribution in [0.3, 0.4) is 0 Å². The van der Waals surface area contributed by atoms with Crippen molar-refractivity contribution in [1.82, 2.24) is 19.4 Å². The van der Waals surface area contributed by atoms with Gasteiger partial charge in [-0.1, -0.05) is 0 Å². The Hall–Kier alpha value is -2.64. The second-order valence-corrected chi connectivity index (χ2v) is 7.45. The Morgan fingerprint density at radius 2 is 2.27 bits per heavy atom. The zero-order chi connectivity index (χ0) is 17.7. The van der Waals surface area contributed by atoms with E-state index in [1.165, 1.54) is 17.0 Å². The van der Waals surface area contributed by atoms with E-state index in [1.54, 1.807) is 6.26 Å². The number of aromatic amines is 1. The minimum atomic E-state index is -0.106. The summed E-state index contributed by atoms with van der Waals surface area (Å²) in [6.45, 7) is 4.72. The first-order valence-corrected chi connectivity index (χ1v) is 9.52. The number of hydrogen-bond donors (Lipinski definition) is 1. The van der Waals surface area contributed by atoms with Gasteiger partial charge in [0.1, 0.15) is 16.4 Å². The maximum atomic E-state index is 12.7. The van der Waals surface area contributed by atoms with Gasteiger partial charge in [-0.2, -0.15) is 0 Å². The van der Waals surface area contributed by atoms with Crippen molar-refractivity contribution < 1.29 is 4.42 Å². The highest BCUT2D eigenvalue weighted by Crippen LogP contribution is 2.31. The maximum Gasteiger partial charge on any atom is 0.260 e. The van der Waals surface area contributed by atoms with E-state index in [1.807, 2.05) is 17.5 Å². The molecule has 4 aromatic rings. The molecule has 1 N–H and O–H groups in total. The molecule has 0 aliphatic carbocycles. The van der Waals surface area contributed by atoms with Crippen molar-refractivity contribution >= 4 is 21.6 Å². The fourth-order valence-corrected chi connectivity index (χ4v) is 4.66. The van der Waals surface area contributed by atoms with Gasteiger partial charge in [0.15, 0.2) is 0 Å². The molecule has 0 radical (unpaired) electrons. The molecule has 0 unspecified atom stereocenters. The van der Waals surface area contributed by atoms with E-state index in [-0.39, 0.29) is 5.56 Å². The fourth-order valence-electron chi connectivity index (χ4n) is 3.72. The van der Waals surface area contributed by atoms with Crippen LogP contribution in [0.25, 0.3) is 21.5 Å². The summed E-state index contributed by atoms with van der Waals surface area (Å²) < 4.78 is 7.74. The first kappa shape index (κ1) is 15.6. The molecule has 4 aromatic heterocycles. The molecule has 0 saturated carbocycles. The molecule has 5 heterocycles. The van der Waals surface area contributed by atoms with Crippen LogP contribution in [0.15, 0.2) is 51.3 Å². The third kappa shape index (κ3) is 2.43. The van der Waals surface area contributed by atoms with E-state index in [9.17, 15) is 4.79 Å². The third-order valence-corrected chi connectivity index (χ3v) is 5.97. The molecule has 26 heavy (non-hydrogen) atoms. The van der Waals surface area contributed by atoms with Crippen molar-refractivity contribution in [3.05, 3.63) is 64.0 Å². The topological polar surface area (TPSA) is 67.1 Å². The Morgan fingerprint density at radius 1 is 1.35 bits per heavy atom. The van der Waals surface area contributed by atoms with Crippen LogP contribution in [0, 0.1) is 0 Å². The van der Waals surface area contributed by atoms with Gasteiger partial charge in [-0.05, 0) is 31.2 Å². The molecule has 0 fully saturated rings. The van der Waals surface area contributed by atoms with Crippen molar-refractivity contribution in [3.63, 3.8) is 0 Å². The number of hydrogen-bond acceptors (Lipinski definition) is 5. The quantitative estimate of drug-likeness (QED) is 0.601. The monoisotopic (exact) mass is 366 g/mol. The van der Waals surface area contributed by atoms with Gasteiger partial charge in [-0.3, -0.25) is 9.69 Å². The van der Waals surface area contributed by atoms with Gasteiger partial charge in [0.05, 0.1) is 18.2 Å². The number of furan rings is 1. The van der Waals surface area contributed by atoms with Gasteiger partial charge in [-0.15, -0.1) is 11.3 Å². The predicted molar refractivity (Wildman–Crippen MR) is 101 cm³/mol. The van der Waals surface area contributed by atoms with Gasteiger partial charge in [-0.25, -0.2) is 4.98 Å². The number of nitrogens with zero attached hydrogens (tertiary/aromatic N) is 3. The van der Waals surface area contributed by atoms with Crippen molar-refractivity contribution in [2.45, 2.75) is 26.1 Å². The standard InChI is InChI=1S/C19H18N4O2S/c1-12-14-4-2-6-22(14)7-8-23(12)10-16-20-18(24)17-13(11-26-19(17)21-16)15-5-3-9-25-15/h2-6,9,11-12H,7-8,10H2,1H3,(H,20,21,24)/t12-/m1/s1. The second-order valence-electron chi connectivity index (χ2n) is 6.59. The lowest BCUT2D eigenvalue weighted by Gasteiger charge is -2.34. The number of H-pyrrole nitrogens is 1. The lowest BCUT2D eigenvalue weighted by molar-refractivity contribution is 0.157. The van der Waals surface area contributed by atoms with E-state index in [2.05, 4.69) is 39.7 Å². The van der Waals surface area contributed by atoms with Crippen LogP contribution in [-0.2, 0) is 13.1 Å². The minimum Gasteiger partial charge on any atom is -0.464 e. The molecule has 1 aliphatic heterocycles. The molecule has 5 rings (SSSR count). The van der Waals surface area contributed by atoms with Gasteiger partial charge in [0.2, 0.25) is 0 Å². The van der Waals surface area contributed by atoms with Gasteiger partial charge >= 0.3 is 0 Å². The van der Waals surface area contributed by atoms with Crippen LogP contribution >= 0.6 is 11.3 Å². The van der Waals surface area contributed by atoms with E-state index in [0.29, 0.717) is 29.6 Å². The summed E-state index contributed by atoms with van der Waals surface area (Å²) in [4.78, 5) is 23.5. The van der Waals surface area contributed by atoms with Crippen LogP contribution in [0.1, 0.15) is 24.5 Å². The van der Waals surface area contributed by atoms with E-state index >= 15 is 0 Å². The number of aromatic nitrogens is 3. The SMILES string of the molecule is C[C@@H]1c2cccn2CCN1Cc1nc2scc(-c3ccco3)c2c(=O)[nH]1. The van der Waals surface area contributed by atoms with Gasteiger partial charge in [0.25, 0.3) is 5.56 Å². The summed E-state index contributed by atoms with van der Waals surface area (Å²) in [7, 11) is 0.